The summed E-state index contributed by atoms with van der Waals surface area (Å²) in [7, 11) is 1.56. The molecule has 0 fully saturated rings. The van der Waals surface area contributed by atoms with Crippen molar-refractivity contribution in [3.63, 3.8) is 0 Å². The van der Waals surface area contributed by atoms with Gasteiger partial charge in [-0.1, -0.05) is 5.16 Å². The smallest absolute Gasteiger partial charge is 0.343 e. The van der Waals surface area contributed by atoms with Crippen LogP contribution in [0.5, 0.6) is 5.75 Å². The number of rotatable bonds is 7. The standard InChI is InChI=1S/C17H18N4O4/c1-11(10-21-9-3-8-18-21)19-16-14(17(22)23)15(25-20-16)12-4-6-13(24-2)7-5-12/h3-9,11H,10H2,1-2H3,(H,19,20)(H,22,23). The van der Waals surface area contributed by atoms with Crippen molar-refractivity contribution in [2.45, 2.75) is 19.5 Å². The predicted molar refractivity (Wildman–Crippen MR) is 90.8 cm³/mol. The Morgan fingerprint density at radius 2 is 2.16 bits per heavy atom. The Morgan fingerprint density at radius 1 is 1.40 bits per heavy atom. The first-order valence-electron chi connectivity index (χ1n) is 7.70. The number of hydrogen-bond donors (Lipinski definition) is 2. The molecule has 8 heteroatoms. The van der Waals surface area contributed by atoms with Crippen molar-refractivity contribution in [2.24, 2.45) is 0 Å². The van der Waals surface area contributed by atoms with Gasteiger partial charge in [0.25, 0.3) is 0 Å². The molecule has 1 atom stereocenters. The first kappa shape index (κ1) is 16.6. The van der Waals surface area contributed by atoms with Crippen molar-refractivity contribution in [3.05, 3.63) is 48.3 Å². The van der Waals surface area contributed by atoms with E-state index in [4.69, 9.17) is 9.26 Å². The van der Waals surface area contributed by atoms with Gasteiger partial charge in [0.1, 0.15) is 5.75 Å². The van der Waals surface area contributed by atoms with E-state index in [1.807, 2.05) is 19.2 Å². The zero-order chi connectivity index (χ0) is 17.8. The van der Waals surface area contributed by atoms with Gasteiger partial charge in [-0.3, -0.25) is 4.68 Å². The van der Waals surface area contributed by atoms with E-state index in [9.17, 15) is 9.90 Å². The van der Waals surface area contributed by atoms with Crippen molar-refractivity contribution < 1.29 is 19.2 Å². The SMILES string of the molecule is COc1ccc(-c2onc(NC(C)Cn3cccn3)c2C(=O)O)cc1. The Kier molecular flexibility index (Phi) is 4.69. The fourth-order valence-electron chi connectivity index (χ4n) is 2.49. The van der Waals surface area contributed by atoms with E-state index >= 15 is 0 Å². The molecule has 0 saturated heterocycles. The minimum Gasteiger partial charge on any atom is -0.497 e. The maximum absolute atomic E-state index is 11.7. The van der Waals surface area contributed by atoms with Crippen LogP contribution in [0.1, 0.15) is 17.3 Å². The van der Waals surface area contributed by atoms with Crippen LogP contribution < -0.4 is 10.1 Å². The molecule has 0 bridgehead atoms. The monoisotopic (exact) mass is 342 g/mol. The maximum atomic E-state index is 11.7. The Morgan fingerprint density at radius 3 is 2.76 bits per heavy atom. The van der Waals surface area contributed by atoms with Gasteiger partial charge in [0.05, 0.1) is 13.7 Å². The summed E-state index contributed by atoms with van der Waals surface area (Å²) in [6.07, 6.45) is 3.52. The highest BCUT2D eigenvalue weighted by Crippen LogP contribution is 2.30. The lowest BCUT2D eigenvalue weighted by Gasteiger charge is -2.13. The molecule has 2 N–H and O–H groups in total. The molecule has 3 aromatic rings. The maximum Gasteiger partial charge on any atom is 0.343 e. The zero-order valence-corrected chi connectivity index (χ0v) is 13.8. The summed E-state index contributed by atoms with van der Waals surface area (Å²) in [5.41, 5.74) is 0.607. The fraction of sp³-hybridized carbons (Fsp3) is 0.235. The van der Waals surface area contributed by atoms with E-state index in [0.717, 1.165) is 0 Å². The molecule has 2 heterocycles. The van der Waals surface area contributed by atoms with E-state index in [0.29, 0.717) is 17.9 Å². The van der Waals surface area contributed by atoms with Crippen LogP contribution >= 0.6 is 0 Å². The summed E-state index contributed by atoms with van der Waals surface area (Å²) >= 11 is 0. The number of nitrogens with zero attached hydrogens (tertiary/aromatic N) is 3. The van der Waals surface area contributed by atoms with E-state index in [2.05, 4.69) is 15.6 Å². The van der Waals surface area contributed by atoms with Crippen LogP contribution in [-0.4, -0.2) is 39.2 Å². The third-order valence-electron chi connectivity index (χ3n) is 3.66. The first-order chi connectivity index (χ1) is 12.1. The Balaban J connectivity index is 1.85. The largest absolute Gasteiger partial charge is 0.497 e. The normalized spacial score (nSPS) is 11.9. The highest BCUT2D eigenvalue weighted by molar-refractivity contribution is 5.99. The number of methoxy groups -OCH3 is 1. The lowest BCUT2D eigenvalue weighted by molar-refractivity contribution is 0.0698. The van der Waals surface area contributed by atoms with Crippen LogP contribution in [0.2, 0.25) is 0 Å². The number of carbonyl (C=O) groups is 1. The van der Waals surface area contributed by atoms with Gasteiger partial charge in [0.15, 0.2) is 17.1 Å². The number of carboxylic acids is 1. The number of aromatic carboxylic acids is 1. The van der Waals surface area contributed by atoms with Crippen LogP contribution in [0.15, 0.2) is 47.2 Å². The van der Waals surface area contributed by atoms with Crippen LogP contribution in [0.4, 0.5) is 5.82 Å². The van der Waals surface area contributed by atoms with Gasteiger partial charge in [0.2, 0.25) is 0 Å². The van der Waals surface area contributed by atoms with Crippen LogP contribution in [0.25, 0.3) is 11.3 Å². The molecule has 2 aromatic heterocycles. The number of aromatic nitrogens is 3. The van der Waals surface area contributed by atoms with Gasteiger partial charge in [-0.25, -0.2) is 4.79 Å². The molecule has 0 saturated carbocycles. The second-order valence-electron chi connectivity index (χ2n) is 5.54. The van der Waals surface area contributed by atoms with E-state index in [-0.39, 0.29) is 23.2 Å². The molecule has 0 aliphatic heterocycles. The van der Waals surface area contributed by atoms with Gasteiger partial charge in [0, 0.05) is 24.0 Å². The summed E-state index contributed by atoms with van der Waals surface area (Å²) in [6, 6.07) is 8.65. The van der Waals surface area contributed by atoms with Crippen molar-refractivity contribution in [3.8, 4) is 17.1 Å². The predicted octanol–water partition coefficient (Wildman–Crippen LogP) is 2.75. The number of carboxylic acid groups (broad SMARTS) is 1. The number of nitrogens with one attached hydrogen (secondary N) is 1. The van der Waals surface area contributed by atoms with Gasteiger partial charge >= 0.3 is 5.97 Å². The molecule has 0 amide bonds. The average molecular weight is 342 g/mol. The molecule has 130 valence electrons. The second kappa shape index (κ2) is 7.08. The molecule has 1 unspecified atom stereocenters. The number of anilines is 1. The first-order valence-corrected chi connectivity index (χ1v) is 7.70. The number of hydrogen-bond acceptors (Lipinski definition) is 6. The van der Waals surface area contributed by atoms with Gasteiger partial charge in [-0.2, -0.15) is 5.10 Å². The second-order valence-corrected chi connectivity index (χ2v) is 5.54. The lowest BCUT2D eigenvalue weighted by Crippen LogP contribution is -2.23. The molecule has 25 heavy (non-hydrogen) atoms. The molecule has 0 aliphatic rings. The minimum absolute atomic E-state index is 0.00233. The molecule has 0 aliphatic carbocycles. The third kappa shape index (κ3) is 3.63. The minimum atomic E-state index is -1.11. The highest BCUT2D eigenvalue weighted by Gasteiger charge is 2.24. The average Bonchev–Trinajstić information content (AvgIpc) is 3.24. The van der Waals surface area contributed by atoms with E-state index in [1.165, 1.54) is 0 Å². The van der Waals surface area contributed by atoms with Gasteiger partial charge in [-0.15, -0.1) is 0 Å². The third-order valence-corrected chi connectivity index (χ3v) is 3.66. The van der Waals surface area contributed by atoms with Crippen molar-refractivity contribution in [1.82, 2.24) is 14.9 Å². The van der Waals surface area contributed by atoms with Crippen LogP contribution in [0.3, 0.4) is 0 Å². The van der Waals surface area contributed by atoms with E-state index < -0.39 is 5.97 Å². The van der Waals surface area contributed by atoms with Crippen LogP contribution in [-0.2, 0) is 6.54 Å². The summed E-state index contributed by atoms with van der Waals surface area (Å²) in [4.78, 5) is 11.7. The molecule has 1 aromatic carbocycles. The molecule has 8 nitrogen and oxygen atoms in total. The fourth-order valence-corrected chi connectivity index (χ4v) is 2.49. The zero-order valence-electron chi connectivity index (χ0n) is 13.8. The van der Waals surface area contributed by atoms with Crippen molar-refractivity contribution in [2.75, 3.05) is 12.4 Å². The molecular weight excluding hydrogens is 324 g/mol. The molecule has 0 radical (unpaired) electrons. The number of ether oxygens (including phenoxy) is 1. The quantitative estimate of drug-likeness (QED) is 0.680. The summed E-state index contributed by atoms with van der Waals surface area (Å²) in [5.74, 6) is -0.0471. The molecule has 3 rings (SSSR count). The summed E-state index contributed by atoms with van der Waals surface area (Å²) in [5, 5.41) is 20.7. The Hall–Kier alpha value is -3.29. The highest BCUT2D eigenvalue weighted by atomic mass is 16.5. The van der Waals surface area contributed by atoms with Crippen molar-refractivity contribution in [1.29, 1.82) is 0 Å². The Labute approximate surface area is 144 Å². The summed E-state index contributed by atoms with van der Waals surface area (Å²) in [6.45, 7) is 2.48. The topological polar surface area (TPSA) is 102 Å². The molecular formula is C17H18N4O4. The van der Waals surface area contributed by atoms with Crippen molar-refractivity contribution >= 4 is 11.8 Å². The van der Waals surface area contributed by atoms with E-state index in [1.54, 1.807) is 42.3 Å². The molecule has 0 spiro atoms. The van der Waals surface area contributed by atoms with Gasteiger partial charge < -0.3 is 19.7 Å². The number of benzene rings is 1. The van der Waals surface area contributed by atoms with Gasteiger partial charge in [-0.05, 0) is 37.3 Å². The Bertz CT molecular complexity index is 840. The summed E-state index contributed by atoms with van der Waals surface area (Å²) < 4.78 is 12.2. The lowest BCUT2D eigenvalue weighted by atomic mass is 10.1. The van der Waals surface area contributed by atoms with Crippen LogP contribution in [0, 0.1) is 0 Å².